The van der Waals surface area contributed by atoms with Gasteiger partial charge in [-0.3, -0.25) is 0 Å². The molecule has 23 heavy (non-hydrogen) atoms. The van der Waals surface area contributed by atoms with Crippen molar-refractivity contribution in [1.82, 2.24) is 0 Å². The maximum atomic E-state index is 4.56. The number of hydrogen-bond acceptors (Lipinski definition) is 2. The van der Waals surface area contributed by atoms with Crippen LogP contribution in [0, 0.1) is 13.8 Å². The van der Waals surface area contributed by atoms with Gasteiger partial charge in [0.2, 0.25) is 0 Å². The molecule has 0 saturated heterocycles. The molecule has 0 bridgehead atoms. The first-order chi connectivity index (χ1) is 11.0. The van der Waals surface area contributed by atoms with Gasteiger partial charge in [-0.05, 0) is 56.0 Å². The summed E-state index contributed by atoms with van der Waals surface area (Å²) < 4.78 is 0. The van der Waals surface area contributed by atoms with E-state index in [1.54, 1.807) is 0 Å². The van der Waals surface area contributed by atoms with Crippen LogP contribution in [0.25, 0.3) is 5.70 Å². The molecular formula is C21H25NS. The standard InChI is InChI=1S/C21H25NS/c1-6-18-9-8-10-19(14-18)20(7-2)22(17(5)23)21-12-11-15(3)13-16(21)4/h7-14,23H,5-6H2,1-4H3/b20-7-. The first kappa shape index (κ1) is 17.4. The summed E-state index contributed by atoms with van der Waals surface area (Å²) in [6, 6.07) is 15.1. The average molecular weight is 324 g/mol. The third kappa shape index (κ3) is 3.89. The summed E-state index contributed by atoms with van der Waals surface area (Å²) in [5.74, 6) is 0. The summed E-state index contributed by atoms with van der Waals surface area (Å²) in [5.41, 5.74) is 7.20. The van der Waals surface area contributed by atoms with E-state index in [1.165, 1.54) is 22.3 Å². The smallest absolute Gasteiger partial charge is 0.0695 e. The van der Waals surface area contributed by atoms with Crippen molar-refractivity contribution in [2.24, 2.45) is 0 Å². The van der Waals surface area contributed by atoms with Gasteiger partial charge in [-0.1, -0.05) is 55.5 Å². The van der Waals surface area contributed by atoms with Gasteiger partial charge in [0.15, 0.2) is 0 Å². The van der Waals surface area contributed by atoms with Crippen LogP contribution < -0.4 is 4.90 Å². The monoisotopic (exact) mass is 323 g/mol. The Balaban J connectivity index is 2.56. The second-order valence-electron chi connectivity index (χ2n) is 5.77. The van der Waals surface area contributed by atoms with Crippen LogP contribution >= 0.6 is 12.6 Å². The first-order valence-corrected chi connectivity index (χ1v) is 8.43. The van der Waals surface area contributed by atoms with Crippen LogP contribution in [0.3, 0.4) is 0 Å². The van der Waals surface area contributed by atoms with Crippen molar-refractivity contribution in [3.05, 3.63) is 82.4 Å². The van der Waals surface area contributed by atoms with Gasteiger partial charge < -0.3 is 4.90 Å². The highest BCUT2D eigenvalue weighted by Crippen LogP contribution is 2.34. The predicted octanol–water partition coefficient (Wildman–Crippen LogP) is 6.13. The SMILES string of the molecule is C=C(S)N(/C(=C\C)c1cccc(CC)c1)c1ccc(C)cc1C. The third-order valence-electron chi connectivity index (χ3n) is 4.00. The van der Waals surface area contributed by atoms with Crippen LogP contribution in [0.4, 0.5) is 5.69 Å². The van der Waals surface area contributed by atoms with Crippen molar-refractivity contribution in [2.45, 2.75) is 34.1 Å². The number of aryl methyl sites for hydroxylation is 3. The van der Waals surface area contributed by atoms with E-state index < -0.39 is 0 Å². The van der Waals surface area contributed by atoms with Gasteiger partial charge in [0.05, 0.1) is 5.03 Å². The zero-order chi connectivity index (χ0) is 17.0. The fraction of sp³-hybridized carbons (Fsp3) is 0.238. The molecular weight excluding hydrogens is 298 g/mol. The molecule has 0 N–H and O–H groups in total. The molecule has 0 heterocycles. The van der Waals surface area contributed by atoms with E-state index in [4.69, 9.17) is 0 Å². The summed E-state index contributed by atoms with van der Waals surface area (Å²) >= 11 is 4.56. The van der Waals surface area contributed by atoms with Crippen molar-refractivity contribution < 1.29 is 0 Å². The molecule has 0 aliphatic carbocycles. The number of allylic oxidation sites excluding steroid dienone is 1. The highest BCUT2D eigenvalue weighted by Gasteiger charge is 2.17. The molecule has 0 aromatic heterocycles. The van der Waals surface area contributed by atoms with Crippen molar-refractivity contribution in [1.29, 1.82) is 0 Å². The van der Waals surface area contributed by atoms with Gasteiger partial charge in [0.25, 0.3) is 0 Å². The number of thiol groups is 1. The van der Waals surface area contributed by atoms with E-state index in [1.807, 2.05) is 0 Å². The number of nitrogens with zero attached hydrogens (tertiary/aromatic N) is 1. The second kappa shape index (κ2) is 7.56. The molecule has 0 aliphatic rings. The van der Waals surface area contributed by atoms with Crippen molar-refractivity contribution >= 4 is 24.0 Å². The van der Waals surface area contributed by atoms with Gasteiger partial charge in [0.1, 0.15) is 0 Å². The molecule has 2 rings (SSSR count). The topological polar surface area (TPSA) is 3.24 Å². The van der Waals surface area contributed by atoms with E-state index in [0.29, 0.717) is 5.03 Å². The van der Waals surface area contributed by atoms with Crippen LogP contribution in [0.1, 0.15) is 36.1 Å². The summed E-state index contributed by atoms with van der Waals surface area (Å²) in [6.07, 6.45) is 3.14. The second-order valence-corrected chi connectivity index (χ2v) is 6.29. The summed E-state index contributed by atoms with van der Waals surface area (Å²) in [4.78, 5) is 2.12. The fourth-order valence-corrected chi connectivity index (χ4v) is 3.06. The number of benzene rings is 2. The van der Waals surface area contributed by atoms with E-state index in [0.717, 1.165) is 17.8 Å². The minimum atomic E-state index is 0.715. The van der Waals surface area contributed by atoms with Crippen LogP contribution in [0.2, 0.25) is 0 Å². The highest BCUT2D eigenvalue weighted by molar-refractivity contribution is 7.84. The van der Waals surface area contributed by atoms with Gasteiger partial charge in [-0.25, -0.2) is 0 Å². The average Bonchev–Trinajstić information content (AvgIpc) is 2.53. The van der Waals surface area contributed by atoms with Gasteiger partial charge in [0, 0.05) is 11.4 Å². The molecule has 0 amide bonds. The normalized spacial score (nSPS) is 11.4. The quantitative estimate of drug-likeness (QED) is 0.647. The maximum absolute atomic E-state index is 4.56. The van der Waals surface area contributed by atoms with Crippen molar-refractivity contribution in [2.75, 3.05) is 4.90 Å². The third-order valence-corrected chi connectivity index (χ3v) is 4.20. The highest BCUT2D eigenvalue weighted by atomic mass is 32.1. The Labute approximate surface area is 145 Å². The van der Waals surface area contributed by atoms with Gasteiger partial charge in [-0.15, -0.1) is 12.6 Å². The van der Waals surface area contributed by atoms with E-state index >= 15 is 0 Å². The Morgan fingerprint density at radius 2 is 1.91 bits per heavy atom. The lowest BCUT2D eigenvalue weighted by atomic mass is 10.0. The zero-order valence-electron chi connectivity index (χ0n) is 14.4. The maximum Gasteiger partial charge on any atom is 0.0695 e. The first-order valence-electron chi connectivity index (χ1n) is 7.98. The van der Waals surface area contributed by atoms with Gasteiger partial charge >= 0.3 is 0 Å². The molecule has 1 nitrogen and oxygen atoms in total. The Bertz CT molecular complexity index is 743. The van der Waals surface area contributed by atoms with Crippen LogP contribution in [-0.2, 0) is 6.42 Å². The molecule has 0 fully saturated rings. The molecule has 0 spiro atoms. The molecule has 120 valence electrons. The largest absolute Gasteiger partial charge is 0.305 e. The summed E-state index contributed by atoms with van der Waals surface area (Å²) in [6.45, 7) is 12.5. The van der Waals surface area contributed by atoms with E-state index in [2.05, 4.69) is 100 Å². The molecule has 0 aliphatic heterocycles. The summed E-state index contributed by atoms with van der Waals surface area (Å²) in [7, 11) is 0. The Hall–Kier alpha value is -1.93. The lowest BCUT2D eigenvalue weighted by Crippen LogP contribution is -2.19. The minimum absolute atomic E-state index is 0.715. The number of rotatable bonds is 5. The minimum Gasteiger partial charge on any atom is -0.305 e. The number of anilines is 1. The Morgan fingerprint density at radius 3 is 2.48 bits per heavy atom. The molecule has 0 radical (unpaired) electrons. The van der Waals surface area contributed by atoms with Crippen LogP contribution in [0.15, 0.2) is 60.1 Å². The number of hydrogen-bond donors (Lipinski definition) is 1. The Morgan fingerprint density at radius 1 is 1.17 bits per heavy atom. The fourth-order valence-electron chi connectivity index (χ4n) is 2.84. The lowest BCUT2D eigenvalue weighted by molar-refractivity contribution is 1.13. The molecule has 2 aromatic rings. The van der Waals surface area contributed by atoms with Crippen LogP contribution in [0.5, 0.6) is 0 Å². The molecule has 0 atom stereocenters. The zero-order valence-corrected chi connectivity index (χ0v) is 15.3. The van der Waals surface area contributed by atoms with Crippen molar-refractivity contribution in [3.63, 3.8) is 0 Å². The predicted molar refractivity (Wildman–Crippen MR) is 106 cm³/mol. The molecule has 0 unspecified atom stereocenters. The lowest BCUT2D eigenvalue weighted by Gasteiger charge is -2.29. The van der Waals surface area contributed by atoms with E-state index in [-0.39, 0.29) is 0 Å². The van der Waals surface area contributed by atoms with Crippen molar-refractivity contribution in [3.8, 4) is 0 Å². The molecule has 0 saturated carbocycles. The van der Waals surface area contributed by atoms with E-state index in [9.17, 15) is 0 Å². The molecule has 2 heteroatoms. The summed E-state index contributed by atoms with van der Waals surface area (Å²) in [5, 5.41) is 0.715. The van der Waals surface area contributed by atoms with Crippen LogP contribution in [-0.4, -0.2) is 0 Å². The molecule has 2 aromatic carbocycles. The Kier molecular flexibility index (Phi) is 5.73. The van der Waals surface area contributed by atoms with Gasteiger partial charge in [-0.2, -0.15) is 0 Å².